The highest BCUT2D eigenvalue weighted by molar-refractivity contribution is 7.91. The Kier molecular flexibility index (Phi) is 5.42. The standard InChI is InChI=1S/C22H20ClNO5S/c1-14-2-4-15(5-3-14)12-24(17-8-9-30(27,28)13-17)22(26)21-11-19(25)18-10-16(23)6-7-20(18)29-21/h2-7,10-11,17H,8-9,12-13H2,1H3. The minimum absolute atomic E-state index is 0.0372. The Labute approximate surface area is 179 Å². The highest BCUT2D eigenvalue weighted by Crippen LogP contribution is 2.24. The summed E-state index contributed by atoms with van der Waals surface area (Å²) in [6.45, 7) is 2.19. The van der Waals surface area contributed by atoms with Gasteiger partial charge < -0.3 is 9.32 Å². The average molecular weight is 446 g/mol. The molecule has 2 heterocycles. The molecule has 30 heavy (non-hydrogen) atoms. The maximum Gasteiger partial charge on any atom is 0.290 e. The zero-order valence-electron chi connectivity index (χ0n) is 16.3. The van der Waals surface area contributed by atoms with Crippen LogP contribution in [0.25, 0.3) is 11.0 Å². The summed E-state index contributed by atoms with van der Waals surface area (Å²) in [5.74, 6) is -0.689. The molecule has 4 rings (SSSR count). The highest BCUT2D eigenvalue weighted by atomic mass is 35.5. The van der Waals surface area contributed by atoms with Crippen LogP contribution in [-0.4, -0.2) is 36.8 Å². The van der Waals surface area contributed by atoms with Crippen molar-refractivity contribution in [3.8, 4) is 0 Å². The molecule has 0 spiro atoms. The maximum atomic E-state index is 13.3. The normalized spacial score (nSPS) is 17.9. The molecule has 3 aromatic rings. The van der Waals surface area contributed by atoms with Crippen molar-refractivity contribution in [3.63, 3.8) is 0 Å². The number of carbonyl (C=O) groups excluding carboxylic acids is 1. The molecule has 1 aliphatic rings. The van der Waals surface area contributed by atoms with Gasteiger partial charge in [0.15, 0.2) is 21.0 Å². The number of aryl methyl sites for hydroxylation is 1. The highest BCUT2D eigenvalue weighted by Gasteiger charge is 2.36. The summed E-state index contributed by atoms with van der Waals surface area (Å²) in [6, 6.07) is 12.9. The van der Waals surface area contributed by atoms with E-state index in [1.807, 2.05) is 31.2 Å². The second-order valence-electron chi connectivity index (χ2n) is 7.59. The summed E-state index contributed by atoms with van der Waals surface area (Å²) in [5.41, 5.74) is 1.83. The van der Waals surface area contributed by atoms with Crippen LogP contribution in [0.2, 0.25) is 5.02 Å². The Morgan fingerprint density at radius 2 is 1.90 bits per heavy atom. The number of benzene rings is 2. The summed E-state index contributed by atoms with van der Waals surface area (Å²) in [4.78, 5) is 27.4. The van der Waals surface area contributed by atoms with Crippen LogP contribution in [0, 0.1) is 6.92 Å². The van der Waals surface area contributed by atoms with Gasteiger partial charge in [0.05, 0.1) is 16.9 Å². The van der Waals surface area contributed by atoms with Gasteiger partial charge in [-0.1, -0.05) is 41.4 Å². The molecule has 0 bridgehead atoms. The number of nitrogens with zero attached hydrogens (tertiary/aromatic N) is 1. The fourth-order valence-corrected chi connectivity index (χ4v) is 5.56. The smallest absolute Gasteiger partial charge is 0.290 e. The number of halogens is 1. The van der Waals surface area contributed by atoms with E-state index in [1.54, 1.807) is 12.1 Å². The molecule has 1 atom stereocenters. The lowest BCUT2D eigenvalue weighted by Crippen LogP contribution is -2.40. The lowest BCUT2D eigenvalue weighted by Gasteiger charge is -2.28. The maximum absolute atomic E-state index is 13.3. The van der Waals surface area contributed by atoms with Crippen LogP contribution >= 0.6 is 11.6 Å². The first-order valence-electron chi connectivity index (χ1n) is 9.52. The molecule has 0 saturated carbocycles. The molecule has 1 saturated heterocycles. The van der Waals surface area contributed by atoms with E-state index in [0.29, 0.717) is 11.4 Å². The number of fused-ring (bicyclic) bond motifs is 1. The van der Waals surface area contributed by atoms with E-state index in [2.05, 4.69) is 0 Å². The van der Waals surface area contributed by atoms with Gasteiger partial charge in [-0.15, -0.1) is 0 Å². The van der Waals surface area contributed by atoms with Crippen LogP contribution in [0.5, 0.6) is 0 Å². The average Bonchev–Trinajstić information content (AvgIpc) is 3.07. The molecule has 1 aliphatic heterocycles. The number of hydrogen-bond acceptors (Lipinski definition) is 5. The van der Waals surface area contributed by atoms with Gasteiger partial charge >= 0.3 is 0 Å². The van der Waals surface area contributed by atoms with Gasteiger partial charge in [0.25, 0.3) is 5.91 Å². The number of hydrogen-bond donors (Lipinski definition) is 0. The second kappa shape index (κ2) is 7.89. The Morgan fingerprint density at radius 1 is 1.17 bits per heavy atom. The molecule has 1 unspecified atom stereocenters. The number of rotatable bonds is 4. The zero-order chi connectivity index (χ0) is 21.5. The molecular weight excluding hydrogens is 426 g/mol. The van der Waals surface area contributed by atoms with Crippen LogP contribution in [0.3, 0.4) is 0 Å². The van der Waals surface area contributed by atoms with Crippen LogP contribution in [0.4, 0.5) is 0 Å². The molecule has 0 aliphatic carbocycles. The third-order valence-electron chi connectivity index (χ3n) is 5.28. The molecule has 8 heteroatoms. The summed E-state index contributed by atoms with van der Waals surface area (Å²) in [6.07, 6.45) is 0.355. The van der Waals surface area contributed by atoms with E-state index in [-0.39, 0.29) is 40.2 Å². The number of sulfone groups is 1. The van der Waals surface area contributed by atoms with E-state index >= 15 is 0 Å². The molecule has 0 N–H and O–H groups in total. The quantitative estimate of drug-likeness (QED) is 0.612. The molecular formula is C22H20ClNO5S. The Bertz CT molecular complexity index is 1280. The lowest BCUT2D eigenvalue weighted by molar-refractivity contribution is 0.0648. The predicted molar refractivity (Wildman–Crippen MR) is 116 cm³/mol. The minimum atomic E-state index is -3.20. The lowest BCUT2D eigenvalue weighted by atomic mass is 10.1. The van der Waals surface area contributed by atoms with E-state index in [1.165, 1.54) is 11.0 Å². The molecule has 2 aromatic carbocycles. The summed E-state index contributed by atoms with van der Waals surface area (Å²) in [5, 5.41) is 0.679. The van der Waals surface area contributed by atoms with E-state index < -0.39 is 21.8 Å². The molecule has 6 nitrogen and oxygen atoms in total. The van der Waals surface area contributed by atoms with Crippen molar-refractivity contribution in [1.82, 2.24) is 4.90 Å². The molecule has 1 fully saturated rings. The van der Waals surface area contributed by atoms with Crippen LogP contribution in [-0.2, 0) is 16.4 Å². The molecule has 1 aromatic heterocycles. The third kappa shape index (κ3) is 4.27. The first-order chi connectivity index (χ1) is 14.2. The van der Waals surface area contributed by atoms with Crippen LogP contribution in [0.15, 0.2) is 57.7 Å². The van der Waals surface area contributed by atoms with Crippen molar-refractivity contribution < 1.29 is 17.6 Å². The summed E-state index contributed by atoms with van der Waals surface area (Å²) in [7, 11) is -3.20. The van der Waals surface area contributed by atoms with Gasteiger partial charge in [-0.05, 0) is 37.1 Å². The fraction of sp³-hybridized carbons (Fsp3) is 0.273. The summed E-state index contributed by atoms with van der Waals surface area (Å²) < 4.78 is 29.8. The van der Waals surface area contributed by atoms with Gasteiger partial charge in [-0.2, -0.15) is 0 Å². The third-order valence-corrected chi connectivity index (χ3v) is 7.27. The molecule has 156 valence electrons. The second-order valence-corrected chi connectivity index (χ2v) is 10.3. The topological polar surface area (TPSA) is 84.7 Å². The Morgan fingerprint density at radius 3 is 2.57 bits per heavy atom. The van der Waals surface area contributed by atoms with Gasteiger partial charge in [-0.25, -0.2) is 8.42 Å². The van der Waals surface area contributed by atoms with Gasteiger partial charge in [-0.3, -0.25) is 9.59 Å². The van der Waals surface area contributed by atoms with Gasteiger partial charge in [0.2, 0.25) is 0 Å². The zero-order valence-corrected chi connectivity index (χ0v) is 17.9. The van der Waals surface area contributed by atoms with Crippen LogP contribution < -0.4 is 5.43 Å². The van der Waals surface area contributed by atoms with Gasteiger partial charge in [0.1, 0.15) is 5.58 Å². The van der Waals surface area contributed by atoms with Crippen molar-refractivity contribution in [3.05, 3.63) is 80.7 Å². The Hall–Kier alpha value is -2.64. The van der Waals surface area contributed by atoms with E-state index in [0.717, 1.165) is 17.2 Å². The van der Waals surface area contributed by atoms with Crippen molar-refractivity contribution in [2.45, 2.75) is 25.9 Å². The van der Waals surface area contributed by atoms with Crippen molar-refractivity contribution in [1.29, 1.82) is 0 Å². The predicted octanol–water partition coefficient (Wildman–Crippen LogP) is 3.58. The monoisotopic (exact) mass is 445 g/mol. The minimum Gasteiger partial charge on any atom is -0.451 e. The first kappa shape index (κ1) is 20.6. The Balaban J connectivity index is 1.73. The van der Waals surface area contributed by atoms with Crippen molar-refractivity contribution in [2.75, 3.05) is 11.5 Å². The van der Waals surface area contributed by atoms with E-state index in [9.17, 15) is 18.0 Å². The van der Waals surface area contributed by atoms with Crippen LogP contribution in [0.1, 0.15) is 28.1 Å². The van der Waals surface area contributed by atoms with Gasteiger partial charge in [0, 0.05) is 23.7 Å². The van der Waals surface area contributed by atoms with E-state index in [4.69, 9.17) is 16.0 Å². The van der Waals surface area contributed by atoms with Crippen molar-refractivity contribution >= 4 is 38.3 Å². The first-order valence-corrected chi connectivity index (χ1v) is 11.7. The number of amides is 1. The summed E-state index contributed by atoms with van der Waals surface area (Å²) >= 11 is 5.95. The fourth-order valence-electron chi connectivity index (χ4n) is 3.65. The SMILES string of the molecule is Cc1ccc(CN(C(=O)c2cc(=O)c3cc(Cl)ccc3o2)C2CCS(=O)(=O)C2)cc1. The molecule has 1 amide bonds. The number of carbonyl (C=O) groups is 1. The van der Waals surface area contributed by atoms with Crippen molar-refractivity contribution in [2.24, 2.45) is 0 Å². The largest absolute Gasteiger partial charge is 0.451 e. The molecule has 0 radical (unpaired) electrons.